The average molecular weight is 383 g/mol. The summed E-state index contributed by atoms with van der Waals surface area (Å²) < 4.78 is 1.06. The van der Waals surface area contributed by atoms with E-state index in [9.17, 15) is 0 Å². The van der Waals surface area contributed by atoms with Crippen molar-refractivity contribution >= 4 is 38.3 Å². The van der Waals surface area contributed by atoms with Crippen LogP contribution in [0.15, 0.2) is 59.3 Å². The van der Waals surface area contributed by atoms with Gasteiger partial charge in [-0.05, 0) is 43.2 Å². The Morgan fingerprint density at radius 2 is 1.96 bits per heavy atom. The molecule has 24 heavy (non-hydrogen) atoms. The molecule has 1 aliphatic rings. The van der Waals surface area contributed by atoms with E-state index in [4.69, 9.17) is 0 Å². The van der Waals surface area contributed by atoms with Crippen molar-refractivity contribution in [1.82, 2.24) is 9.97 Å². The third kappa shape index (κ3) is 3.22. The molecule has 1 aromatic heterocycles. The Hall–Kier alpha value is -2.14. The minimum atomic E-state index is 0.429. The fraction of sp³-hybridized carbons (Fsp3) is 0.263. The number of nitrogens with zero attached hydrogens (tertiary/aromatic N) is 3. The summed E-state index contributed by atoms with van der Waals surface area (Å²) in [5.41, 5.74) is 2.17. The molecule has 0 amide bonds. The normalized spacial score (nSPS) is 17.9. The minimum absolute atomic E-state index is 0.429. The fourth-order valence-electron chi connectivity index (χ4n) is 3.32. The topological polar surface area (TPSA) is 41.1 Å². The molecule has 1 aliphatic heterocycles. The zero-order valence-electron chi connectivity index (χ0n) is 13.3. The molecule has 2 aromatic carbocycles. The Morgan fingerprint density at radius 3 is 2.83 bits per heavy atom. The monoisotopic (exact) mass is 382 g/mol. The maximum atomic E-state index is 4.58. The standard InChI is InChI=1S/C19H19BrN4/c20-14-8-9-18-17(11-14)19(22-13-21-18)24-10-4-7-16(12-24)23-15-5-2-1-3-6-15/h1-3,5-6,8-9,11,13,16,23H,4,7,10,12H2. The van der Waals surface area contributed by atoms with Gasteiger partial charge in [0.1, 0.15) is 12.1 Å². The van der Waals surface area contributed by atoms with Gasteiger partial charge in [0.2, 0.25) is 0 Å². The summed E-state index contributed by atoms with van der Waals surface area (Å²) in [5, 5.41) is 4.75. The molecule has 1 fully saturated rings. The highest BCUT2D eigenvalue weighted by molar-refractivity contribution is 9.10. The van der Waals surface area contributed by atoms with E-state index in [0.717, 1.165) is 40.7 Å². The molecule has 0 spiro atoms. The molecule has 3 aromatic rings. The number of aromatic nitrogens is 2. The Morgan fingerprint density at radius 1 is 1.08 bits per heavy atom. The maximum Gasteiger partial charge on any atom is 0.139 e. The van der Waals surface area contributed by atoms with Crippen molar-refractivity contribution in [3.63, 3.8) is 0 Å². The second-order valence-corrected chi connectivity index (χ2v) is 7.07. The van der Waals surface area contributed by atoms with Crippen LogP contribution in [0.1, 0.15) is 12.8 Å². The molecular formula is C19H19BrN4. The first-order valence-corrected chi connectivity index (χ1v) is 9.06. The molecule has 1 N–H and O–H groups in total. The lowest BCUT2D eigenvalue weighted by Gasteiger charge is -2.35. The summed E-state index contributed by atoms with van der Waals surface area (Å²) in [6.45, 7) is 1.99. The number of benzene rings is 2. The van der Waals surface area contributed by atoms with E-state index in [1.165, 1.54) is 12.1 Å². The number of halogens is 1. The molecule has 0 aliphatic carbocycles. The van der Waals surface area contributed by atoms with Gasteiger partial charge in [-0.3, -0.25) is 0 Å². The van der Waals surface area contributed by atoms with E-state index in [1.54, 1.807) is 6.33 Å². The summed E-state index contributed by atoms with van der Waals surface area (Å²) in [7, 11) is 0. The van der Waals surface area contributed by atoms with Gasteiger partial charge in [0, 0.05) is 34.7 Å². The smallest absolute Gasteiger partial charge is 0.139 e. The van der Waals surface area contributed by atoms with Gasteiger partial charge < -0.3 is 10.2 Å². The SMILES string of the molecule is Brc1ccc2ncnc(N3CCCC(Nc4ccccc4)C3)c2c1. The van der Waals surface area contributed by atoms with Crippen LogP contribution in [0.3, 0.4) is 0 Å². The summed E-state index contributed by atoms with van der Waals surface area (Å²) in [6.07, 6.45) is 4.00. The van der Waals surface area contributed by atoms with Crippen LogP contribution in [0.5, 0.6) is 0 Å². The Balaban J connectivity index is 1.59. The van der Waals surface area contributed by atoms with Crippen LogP contribution in [0, 0.1) is 0 Å². The van der Waals surface area contributed by atoms with Crippen molar-refractivity contribution in [3.05, 3.63) is 59.3 Å². The molecule has 4 nitrogen and oxygen atoms in total. The first kappa shape index (κ1) is 15.4. The maximum absolute atomic E-state index is 4.58. The Labute approximate surface area is 150 Å². The molecule has 4 rings (SSSR count). The number of rotatable bonds is 3. The van der Waals surface area contributed by atoms with E-state index >= 15 is 0 Å². The highest BCUT2D eigenvalue weighted by Crippen LogP contribution is 2.28. The van der Waals surface area contributed by atoms with Gasteiger partial charge in [0.25, 0.3) is 0 Å². The summed E-state index contributed by atoms with van der Waals surface area (Å²) in [5.74, 6) is 1.03. The summed E-state index contributed by atoms with van der Waals surface area (Å²) >= 11 is 3.56. The van der Waals surface area contributed by atoms with Gasteiger partial charge in [0.05, 0.1) is 5.52 Å². The highest BCUT2D eigenvalue weighted by atomic mass is 79.9. The molecule has 2 heterocycles. The molecule has 0 saturated carbocycles. The highest BCUT2D eigenvalue weighted by Gasteiger charge is 2.22. The fourth-order valence-corrected chi connectivity index (χ4v) is 3.69. The zero-order valence-corrected chi connectivity index (χ0v) is 14.9. The Kier molecular flexibility index (Phi) is 4.34. The van der Waals surface area contributed by atoms with E-state index in [1.807, 2.05) is 18.2 Å². The number of nitrogens with one attached hydrogen (secondary N) is 1. The summed E-state index contributed by atoms with van der Waals surface area (Å²) in [4.78, 5) is 11.3. The van der Waals surface area contributed by atoms with Crippen LogP contribution in [0.4, 0.5) is 11.5 Å². The van der Waals surface area contributed by atoms with Crippen LogP contribution < -0.4 is 10.2 Å². The molecule has 1 atom stereocenters. The van der Waals surface area contributed by atoms with Crippen molar-refractivity contribution in [2.75, 3.05) is 23.3 Å². The third-order valence-corrected chi connectivity index (χ3v) is 4.94. The second-order valence-electron chi connectivity index (χ2n) is 6.15. The predicted octanol–water partition coefficient (Wildman–Crippen LogP) is 4.47. The van der Waals surface area contributed by atoms with Gasteiger partial charge in [0.15, 0.2) is 0 Å². The largest absolute Gasteiger partial charge is 0.381 e. The molecule has 0 radical (unpaired) electrons. The Bertz CT molecular complexity index is 837. The molecule has 5 heteroatoms. The molecular weight excluding hydrogens is 364 g/mol. The third-order valence-electron chi connectivity index (χ3n) is 4.44. The number of para-hydroxylation sites is 1. The van der Waals surface area contributed by atoms with Crippen LogP contribution in [-0.4, -0.2) is 29.1 Å². The first-order chi connectivity index (χ1) is 11.8. The number of hydrogen-bond acceptors (Lipinski definition) is 4. The van der Waals surface area contributed by atoms with Crippen molar-refractivity contribution in [1.29, 1.82) is 0 Å². The van der Waals surface area contributed by atoms with Gasteiger partial charge in [-0.2, -0.15) is 0 Å². The average Bonchev–Trinajstić information content (AvgIpc) is 2.62. The van der Waals surface area contributed by atoms with Crippen molar-refractivity contribution in [2.24, 2.45) is 0 Å². The number of piperidine rings is 1. The van der Waals surface area contributed by atoms with Gasteiger partial charge >= 0.3 is 0 Å². The van der Waals surface area contributed by atoms with Crippen molar-refractivity contribution < 1.29 is 0 Å². The van der Waals surface area contributed by atoms with Crippen LogP contribution in [-0.2, 0) is 0 Å². The van der Waals surface area contributed by atoms with E-state index in [2.05, 4.69) is 66.4 Å². The van der Waals surface area contributed by atoms with E-state index < -0.39 is 0 Å². The predicted molar refractivity (Wildman–Crippen MR) is 103 cm³/mol. The van der Waals surface area contributed by atoms with Gasteiger partial charge in [-0.1, -0.05) is 34.1 Å². The molecule has 1 saturated heterocycles. The van der Waals surface area contributed by atoms with E-state index in [-0.39, 0.29) is 0 Å². The molecule has 122 valence electrons. The van der Waals surface area contributed by atoms with Crippen LogP contribution in [0.2, 0.25) is 0 Å². The number of hydrogen-bond donors (Lipinski definition) is 1. The van der Waals surface area contributed by atoms with E-state index in [0.29, 0.717) is 6.04 Å². The first-order valence-electron chi connectivity index (χ1n) is 8.26. The number of anilines is 2. The van der Waals surface area contributed by atoms with Gasteiger partial charge in [-0.15, -0.1) is 0 Å². The molecule has 1 unspecified atom stereocenters. The summed E-state index contributed by atoms with van der Waals surface area (Å²) in [6, 6.07) is 17.0. The van der Waals surface area contributed by atoms with Gasteiger partial charge in [-0.25, -0.2) is 9.97 Å². The van der Waals surface area contributed by atoms with Crippen LogP contribution in [0.25, 0.3) is 10.9 Å². The lowest BCUT2D eigenvalue weighted by atomic mass is 10.0. The lowest BCUT2D eigenvalue weighted by Crippen LogP contribution is -2.42. The molecule has 0 bridgehead atoms. The second kappa shape index (κ2) is 6.77. The van der Waals surface area contributed by atoms with Crippen molar-refractivity contribution in [3.8, 4) is 0 Å². The van der Waals surface area contributed by atoms with Crippen LogP contribution >= 0.6 is 15.9 Å². The van der Waals surface area contributed by atoms with Crippen molar-refractivity contribution in [2.45, 2.75) is 18.9 Å². The zero-order chi connectivity index (χ0) is 16.4. The minimum Gasteiger partial charge on any atom is -0.381 e. The quantitative estimate of drug-likeness (QED) is 0.725. The lowest BCUT2D eigenvalue weighted by molar-refractivity contribution is 0.527. The number of fused-ring (bicyclic) bond motifs is 1.